The predicted octanol–water partition coefficient (Wildman–Crippen LogP) is 7.41. The van der Waals surface area contributed by atoms with E-state index in [0.29, 0.717) is 0 Å². The molecule has 22 heteroatoms. The van der Waals surface area contributed by atoms with E-state index in [9.17, 15) is 79.0 Å². The molecule has 0 rings (SSSR count). The molecule has 0 bridgehead atoms. The summed E-state index contributed by atoms with van der Waals surface area (Å²) >= 11 is -1.52. The fourth-order valence-corrected chi connectivity index (χ4v) is 3.06. The molecule has 0 aliphatic heterocycles. The van der Waals surface area contributed by atoms with E-state index in [1.54, 1.807) is 0 Å². The van der Waals surface area contributed by atoms with Crippen molar-refractivity contribution in [3.05, 3.63) is 25.1 Å². The molecule has 0 saturated carbocycles. The van der Waals surface area contributed by atoms with Gasteiger partial charge in [0.05, 0.1) is 6.42 Å². The second-order valence-electron chi connectivity index (χ2n) is 4.60. The maximum atomic E-state index is 12.7. The molecule has 34 heavy (non-hydrogen) atoms. The Labute approximate surface area is 230 Å². The molecule has 0 heterocycles. The minimum absolute atomic E-state index is 0.213. The summed E-state index contributed by atoms with van der Waals surface area (Å²) in [6.07, 6.45) is -15.1. The molecule has 0 spiro atoms. The van der Waals surface area contributed by atoms with Crippen molar-refractivity contribution < 1.29 is 100 Å². The Bertz CT molecular complexity index is 594. The summed E-state index contributed by atoms with van der Waals surface area (Å²) in [4.78, 5) is 0. The molecule has 0 aliphatic carbocycles. The van der Waals surface area contributed by atoms with E-state index in [-0.39, 0.29) is 45.2 Å². The van der Waals surface area contributed by atoms with Gasteiger partial charge < -0.3 is 0 Å². The summed E-state index contributed by atoms with van der Waals surface area (Å²) in [5.41, 5.74) is 0. The van der Waals surface area contributed by atoms with Gasteiger partial charge in [0.1, 0.15) is 0 Å². The van der Waals surface area contributed by atoms with Crippen molar-refractivity contribution in [3.8, 4) is 0 Å². The molecule has 1 atom stereocenters. The fourth-order valence-electron chi connectivity index (χ4n) is 0.664. The van der Waals surface area contributed by atoms with Gasteiger partial charge in [0, 0.05) is 0 Å². The number of allylic oxidation sites excluding steroid dienone is 1. The van der Waals surface area contributed by atoms with E-state index in [1.165, 1.54) is 0 Å². The Kier molecular flexibility index (Phi) is 20.1. The first-order valence-corrected chi connectivity index (χ1v) is 12.2. The van der Waals surface area contributed by atoms with Crippen molar-refractivity contribution in [2.45, 2.75) is 38.7 Å². The Morgan fingerprint density at radius 3 is 1.06 bits per heavy atom. The molecule has 0 nitrogen and oxygen atoms in total. The molecule has 0 N–H and O–H groups in total. The molecule has 0 radical (unpaired) electrons. The minimum atomic E-state index is -5.92. The van der Waals surface area contributed by atoms with E-state index in [2.05, 4.69) is 6.58 Å². The molecule has 0 fully saturated rings. The molecule has 0 aromatic carbocycles. The van der Waals surface area contributed by atoms with Gasteiger partial charge in [-0.1, -0.05) is 6.58 Å². The van der Waals surface area contributed by atoms with E-state index < -0.39 is 71.8 Å². The molecule has 0 aromatic rings. The number of rotatable bonds is 5. The number of alkyl halides is 20. The number of hydrogen-bond acceptors (Lipinski definition) is 0. The second-order valence-corrected chi connectivity index (χ2v) is 14.0. The van der Waals surface area contributed by atoms with Gasteiger partial charge in [-0.3, -0.25) is 0 Å². The van der Waals surface area contributed by atoms with Crippen molar-refractivity contribution in [2.24, 2.45) is 0 Å². The first-order valence-electron chi connectivity index (χ1n) is 6.60. The van der Waals surface area contributed by atoms with Gasteiger partial charge in [-0.2, -0.15) is 43.9 Å². The molecule has 0 amide bonds. The third-order valence-electron chi connectivity index (χ3n) is 1.75. The first-order chi connectivity index (χ1) is 14.3. The average molecular weight is 1000 g/mol. The molecule has 1 unspecified atom stereocenters. The van der Waals surface area contributed by atoms with Crippen LogP contribution >= 0.6 is 67.8 Å². The average Bonchev–Trinajstić information content (AvgIpc) is 2.39. The molecule has 0 aromatic heterocycles. The molecule has 210 valence electrons. The summed E-state index contributed by atoms with van der Waals surface area (Å²) in [6.45, 7) is 4.26. The first kappa shape index (κ1) is 42.2. The van der Waals surface area contributed by atoms with Crippen LogP contribution in [0.25, 0.3) is 0 Å². The van der Waals surface area contributed by atoms with Gasteiger partial charge in [-0.15, -0.1) is 0 Å². The second kappa shape index (κ2) is 16.2. The third kappa shape index (κ3) is 26.2. The summed E-state index contributed by atoms with van der Waals surface area (Å²) in [6, 6.07) is 0. The SMILES string of the molecule is C=C(F)C(F)(F)F.C=C(F)F.FC(F)(I)CC(F)(F)C(F)(I)C(F)(F)F.FC(F)[I-]C(F)(F)I. The van der Waals surface area contributed by atoms with Gasteiger partial charge in [-0.05, 0) is 51.8 Å². The van der Waals surface area contributed by atoms with Gasteiger partial charge in [-0.25, -0.2) is 17.6 Å². The molecule has 0 aliphatic rings. The van der Waals surface area contributed by atoms with Gasteiger partial charge >= 0.3 is 93.6 Å². The zero-order valence-electron chi connectivity index (χ0n) is 15.0. The number of hydrogen-bond donors (Lipinski definition) is 0. The molecule has 0 saturated heterocycles. The van der Waals surface area contributed by atoms with Crippen molar-refractivity contribution in [2.75, 3.05) is 0 Å². The van der Waals surface area contributed by atoms with Crippen LogP contribution in [0, 0.1) is 0 Å². The molecular formula is C12H7F18I4-. The van der Waals surface area contributed by atoms with E-state index >= 15 is 0 Å². The summed E-state index contributed by atoms with van der Waals surface area (Å²) < 4.78 is 191. The summed E-state index contributed by atoms with van der Waals surface area (Å²) in [7, 11) is 0. The Morgan fingerprint density at radius 2 is 0.971 bits per heavy atom. The zero-order chi connectivity index (χ0) is 29.1. The summed E-state index contributed by atoms with van der Waals surface area (Å²) in [5, 5.41) is 0. The van der Waals surface area contributed by atoms with Crippen molar-refractivity contribution >= 4 is 67.8 Å². The van der Waals surface area contributed by atoms with Crippen LogP contribution in [0.2, 0.25) is 0 Å². The van der Waals surface area contributed by atoms with E-state index in [1.807, 2.05) is 6.58 Å². The van der Waals surface area contributed by atoms with Crippen LogP contribution in [-0.2, 0) is 0 Å². The summed E-state index contributed by atoms with van der Waals surface area (Å²) in [5.74, 6) is -7.45. The van der Waals surface area contributed by atoms with Crippen molar-refractivity contribution in [1.82, 2.24) is 0 Å². The molecular weight excluding hydrogens is 994 g/mol. The van der Waals surface area contributed by atoms with Crippen LogP contribution in [0.5, 0.6) is 0 Å². The van der Waals surface area contributed by atoms with Crippen LogP contribution in [0.3, 0.4) is 0 Å². The van der Waals surface area contributed by atoms with Crippen LogP contribution in [0.15, 0.2) is 25.1 Å². The van der Waals surface area contributed by atoms with Crippen LogP contribution in [0.1, 0.15) is 6.42 Å². The standard InChI is InChI=1S/C5H2F8I2.C3H2F4.C2HF4I2.C2H2F2/c6-2(7,1-3(8,9)14)4(10,15)5(11,12)13;1-2(4)3(5,6)7;3-1(4)8-2(5,6)7;1-2(3)4/h1H2;1H2;1H;1H2/q;;-1;. The monoisotopic (exact) mass is 1000 g/mol. The third-order valence-corrected chi connectivity index (χ3v) is 6.29. The number of halogens is 22. The quantitative estimate of drug-likeness (QED) is 0.153. The van der Waals surface area contributed by atoms with Crippen molar-refractivity contribution in [3.63, 3.8) is 0 Å². The van der Waals surface area contributed by atoms with E-state index in [4.69, 9.17) is 0 Å². The Hall–Kier alpha value is 1.14. The van der Waals surface area contributed by atoms with Gasteiger partial charge in [0.15, 0.2) is 5.83 Å². The Balaban J connectivity index is -0.000000199. The fraction of sp³-hybridized carbons (Fsp3) is 0.667. The zero-order valence-corrected chi connectivity index (χ0v) is 23.6. The van der Waals surface area contributed by atoms with Crippen LogP contribution in [-0.4, -0.2) is 32.2 Å². The van der Waals surface area contributed by atoms with E-state index in [0.717, 1.165) is 22.6 Å². The normalized spacial score (nSPS) is 14.5. The Morgan fingerprint density at radius 1 is 0.706 bits per heavy atom. The van der Waals surface area contributed by atoms with Gasteiger partial charge in [0.25, 0.3) is 6.08 Å². The van der Waals surface area contributed by atoms with Gasteiger partial charge in [0.2, 0.25) is 0 Å². The van der Waals surface area contributed by atoms with Crippen LogP contribution in [0.4, 0.5) is 79.0 Å². The van der Waals surface area contributed by atoms with Crippen molar-refractivity contribution in [1.29, 1.82) is 0 Å². The maximum absolute atomic E-state index is 12.7. The predicted molar refractivity (Wildman–Crippen MR) is 105 cm³/mol. The van der Waals surface area contributed by atoms with Crippen LogP contribution < -0.4 is 21.2 Å². The topological polar surface area (TPSA) is 0 Å².